The summed E-state index contributed by atoms with van der Waals surface area (Å²) in [6, 6.07) is 7.74. The molecule has 2 aliphatic heterocycles. The number of aliphatic hydroxyl groups is 1. The maximum Gasteiger partial charge on any atom is 0.256 e. The van der Waals surface area contributed by atoms with Crippen LogP contribution in [-0.4, -0.2) is 65.4 Å². The van der Waals surface area contributed by atoms with Gasteiger partial charge in [0, 0.05) is 41.8 Å². The van der Waals surface area contributed by atoms with Crippen molar-refractivity contribution >= 4 is 47.0 Å². The summed E-state index contributed by atoms with van der Waals surface area (Å²) in [5, 5.41) is 14.1. The van der Waals surface area contributed by atoms with E-state index in [4.69, 9.17) is 37.4 Å². The molecule has 0 bridgehead atoms. The molecule has 1 aromatic heterocycles. The first-order valence-corrected chi connectivity index (χ1v) is 12.8. The number of hydrogen-bond donors (Lipinski definition) is 2. The summed E-state index contributed by atoms with van der Waals surface area (Å²) < 4.78 is 31.3. The van der Waals surface area contributed by atoms with Crippen molar-refractivity contribution in [3.05, 3.63) is 75.0 Å². The zero-order chi connectivity index (χ0) is 27.7. The molecule has 2 aliphatic rings. The van der Waals surface area contributed by atoms with Crippen LogP contribution in [0.3, 0.4) is 0 Å². The molecule has 2 aromatic carbocycles. The Bertz CT molecular complexity index is 1390. The number of nitrogens with zero attached hydrogens (tertiary/aromatic N) is 3. The number of ether oxygens (including phenoxy) is 3. The maximum absolute atomic E-state index is 15.3. The Kier molecular flexibility index (Phi) is 7.90. The number of aromatic nitrogens is 2. The number of anilines is 1. The van der Waals surface area contributed by atoms with Crippen LogP contribution in [0.15, 0.2) is 42.7 Å². The van der Waals surface area contributed by atoms with E-state index in [0.29, 0.717) is 29.7 Å². The fourth-order valence-corrected chi connectivity index (χ4v) is 5.49. The van der Waals surface area contributed by atoms with E-state index in [1.807, 2.05) is 0 Å². The second-order valence-corrected chi connectivity index (χ2v) is 9.73. The largest absolute Gasteiger partial charge is 0.495 e. The Hall–Kier alpha value is -3.44. The fraction of sp³-hybridized carbons (Fsp3) is 0.296. The minimum Gasteiger partial charge on any atom is -0.495 e. The molecule has 2 N–H and O–H groups in total. The lowest BCUT2D eigenvalue weighted by molar-refractivity contribution is -0.0392. The van der Waals surface area contributed by atoms with E-state index in [-0.39, 0.29) is 57.7 Å². The van der Waals surface area contributed by atoms with Gasteiger partial charge in [0.15, 0.2) is 6.23 Å². The highest BCUT2D eigenvalue weighted by atomic mass is 35.5. The standard InChI is InChI=1S/C27H25Cl2FN4O5/c1-37-20-10-21(38-2)24(29)22(23(20)28)17(30)9-14-11-31-27(32-12-14)33-18-13-39-8-7-19(18)34-25(35)15-5-3-4-6-16(15)26(34)36/h3-6,9-12,18-19,25,35H,7-8,13H2,1-2H3,(H,31,32,33)/b17-9-/t18-,19+,25?/m0/s1. The van der Waals surface area contributed by atoms with E-state index in [9.17, 15) is 9.90 Å². The topological polar surface area (TPSA) is 106 Å². The second kappa shape index (κ2) is 11.4. The fourth-order valence-electron chi connectivity index (χ4n) is 4.81. The molecule has 12 heteroatoms. The Morgan fingerprint density at radius 3 is 2.49 bits per heavy atom. The van der Waals surface area contributed by atoms with Gasteiger partial charge in [-0.25, -0.2) is 14.4 Å². The molecule has 204 valence electrons. The summed E-state index contributed by atoms with van der Waals surface area (Å²) in [7, 11) is 2.81. The lowest BCUT2D eigenvalue weighted by Crippen LogP contribution is -2.53. The van der Waals surface area contributed by atoms with Crippen LogP contribution in [0.5, 0.6) is 11.5 Å². The molecule has 39 heavy (non-hydrogen) atoms. The molecule has 1 saturated heterocycles. The van der Waals surface area contributed by atoms with E-state index in [1.165, 1.54) is 43.7 Å². The van der Waals surface area contributed by atoms with Crippen LogP contribution in [0.2, 0.25) is 10.0 Å². The highest BCUT2D eigenvalue weighted by Gasteiger charge is 2.43. The molecule has 3 aromatic rings. The lowest BCUT2D eigenvalue weighted by atomic mass is 10.0. The van der Waals surface area contributed by atoms with Gasteiger partial charge in [-0.1, -0.05) is 41.4 Å². The van der Waals surface area contributed by atoms with E-state index < -0.39 is 12.1 Å². The third-order valence-electron chi connectivity index (χ3n) is 6.74. The number of methoxy groups -OCH3 is 2. The number of benzene rings is 2. The van der Waals surface area contributed by atoms with Crippen molar-refractivity contribution in [1.29, 1.82) is 0 Å². The van der Waals surface area contributed by atoms with Crippen LogP contribution in [-0.2, 0) is 4.74 Å². The predicted molar refractivity (Wildman–Crippen MR) is 145 cm³/mol. The van der Waals surface area contributed by atoms with Crippen molar-refractivity contribution in [3.8, 4) is 11.5 Å². The zero-order valence-electron chi connectivity index (χ0n) is 21.0. The summed E-state index contributed by atoms with van der Waals surface area (Å²) in [6.45, 7) is 0.728. The van der Waals surface area contributed by atoms with Crippen LogP contribution in [0.4, 0.5) is 10.3 Å². The van der Waals surface area contributed by atoms with Crippen molar-refractivity contribution in [1.82, 2.24) is 14.9 Å². The number of amides is 1. The van der Waals surface area contributed by atoms with Gasteiger partial charge in [0.2, 0.25) is 5.95 Å². The smallest absolute Gasteiger partial charge is 0.256 e. The summed E-state index contributed by atoms with van der Waals surface area (Å²) in [4.78, 5) is 23.2. The first-order chi connectivity index (χ1) is 18.8. The zero-order valence-corrected chi connectivity index (χ0v) is 22.5. The molecule has 1 unspecified atom stereocenters. The molecule has 5 rings (SSSR count). The minimum atomic E-state index is -1.05. The van der Waals surface area contributed by atoms with Gasteiger partial charge in [0.05, 0.1) is 48.5 Å². The van der Waals surface area contributed by atoms with E-state index >= 15 is 4.39 Å². The number of halogens is 3. The minimum absolute atomic E-state index is 0.000364. The maximum atomic E-state index is 15.3. The Morgan fingerprint density at radius 2 is 1.85 bits per heavy atom. The van der Waals surface area contributed by atoms with Crippen LogP contribution >= 0.6 is 23.2 Å². The van der Waals surface area contributed by atoms with Crippen molar-refractivity contribution in [2.75, 3.05) is 32.8 Å². The van der Waals surface area contributed by atoms with Gasteiger partial charge >= 0.3 is 0 Å². The number of aliphatic hydroxyl groups excluding tert-OH is 1. The molecule has 9 nitrogen and oxygen atoms in total. The van der Waals surface area contributed by atoms with Gasteiger partial charge in [0.25, 0.3) is 5.91 Å². The number of hydrogen-bond acceptors (Lipinski definition) is 8. The molecule has 0 aliphatic carbocycles. The average Bonchev–Trinajstić information content (AvgIpc) is 3.20. The summed E-state index contributed by atoms with van der Waals surface area (Å²) >= 11 is 12.6. The Balaban J connectivity index is 1.35. The first kappa shape index (κ1) is 27.1. The first-order valence-electron chi connectivity index (χ1n) is 12.1. The van der Waals surface area contributed by atoms with Crippen molar-refractivity contribution in [2.45, 2.75) is 24.7 Å². The molecule has 0 saturated carbocycles. The molecular weight excluding hydrogens is 550 g/mol. The molecule has 1 fully saturated rings. The normalized spacial score (nSPS) is 21.1. The van der Waals surface area contributed by atoms with E-state index in [2.05, 4.69) is 15.3 Å². The van der Waals surface area contributed by atoms with Crippen LogP contribution in [0, 0.1) is 0 Å². The molecular formula is C27H25Cl2FN4O5. The predicted octanol–water partition coefficient (Wildman–Crippen LogP) is 4.98. The second-order valence-electron chi connectivity index (χ2n) is 8.97. The number of carbonyl (C=O) groups is 1. The highest BCUT2D eigenvalue weighted by Crippen LogP contribution is 2.44. The lowest BCUT2D eigenvalue weighted by Gasteiger charge is -2.39. The third kappa shape index (κ3) is 5.12. The SMILES string of the molecule is COc1cc(OC)c(Cl)c(/C(F)=C/c2cnc(N[C@H]3COCC[C@H]3N3C(=O)c4ccccc4C3O)nc2)c1Cl. The molecule has 0 radical (unpaired) electrons. The van der Waals surface area contributed by atoms with Crippen LogP contribution < -0.4 is 14.8 Å². The summed E-state index contributed by atoms with van der Waals surface area (Å²) in [6.07, 6.45) is 3.52. The summed E-state index contributed by atoms with van der Waals surface area (Å²) in [5.41, 5.74) is 1.34. The van der Waals surface area contributed by atoms with Gasteiger partial charge in [-0.2, -0.15) is 0 Å². The highest BCUT2D eigenvalue weighted by molar-refractivity contribution is 6.39. The van der Waals surface area contributed by atoms with Gasteiger partial charge in [0.1, 0.15) is 17.3 Å². The van der Waals surface area contributed by atoms with E-state index in [1.54, 1.807) is 24.3 Å². The number of rotatable bonds is 7. The van der Waals surface area contributed by atoms with Crippen LogP contribution in [0.1, 0.15) is 39.7 Å². The van der Waals surface area contributed by atoms with Crippen molar-refractivity contribution < 1.29 is 28.5 Å². The quantitative estimate of drug-likeness (QED) is 0.406. The van der Waals surface area contributed by atoms with E-state index in [0.717, 1.165) is 0 Å². The molecule has 3 atom stereocenters. The van der Waals surface area contributed by atoms with Crippen LogP contribution in [0.25, 0.3) is 11.9 Å². The number of carbonyl (C=O) groups excluding carboxylic acids is 1. The average molecular weight is 575 g/mol. The Morgan fingerprint density at radius 1 is 1.18 bits per heavy atom. The third-order valence-corrected chi connectivity index (χ3v) is 7.49. The molecule has 0 spiro atoms. The molecule has 1 amide bonds. The van der Waals surface area contributed by atoms with Crippen molar-refractivity contribution in [2.24, 2.45) is 0 Å². The number of nitrogens with one attached hydrogen (secondary N) is 1. The molecule has 3 heterocycles. The van der Waals surface area contributed by atoms with Gasteiger partial charge in [-0.15, -0.1) is 0 Å². The van der Waals surface area contributed by atoms with Gasteiger partial charge < -0.3 is 29.5 Å². The van der Waals surface area contributed by atoms with Crippen molar-refractivity contribution in [3.63, 3.8) is 0 Å². The van der Waals surface area contributed by atoms with Gasteiger partial charge in [-0.05, 0) is 18.6 Å². The number of fused-ring (bicyclic) bond motifs is 1. The van der Waals surface area contributed by atoms with Gasteiger partial charge in [-0.3, -0.25) is 4.79 Å². The summed E-state index contributed by atoms with van der Waals surface area (Å²) in [5.74, 6) is -0.290. The Labute approximate surface area is 234 Å². The monoisotopic (exact) mass is 574 g/mol.